The van der Waals surface area contributed by atoms with Crippen LogP contribution in [0.5, 0.6) is 0 Å². The van der Waals surface area contributed by atoms with Gasteiger partial charge in [-0.1, -0.05) is 20.3 Å². The molecule has 0 saturated carbocycles. The Hall–Kier alpha value is -0.570. The second-order valence-electron chi connectivity index (χ2n) is 5.37. The van der Waals surface area contributed by atoms with Gasteiger partial charge in [0.15, 0.2) is 0 Å². The molecule has 3 heteroatoms. The summed E-state index contributed by atoms with van der Waals surface area (Å²) in [6, 6.07) is 0.0955. The first-order valence-corrected chi connectivity index (χ1v) is 6.74. The van der Waals surface area contributed by atoms with Crippen LogP contribution < -0.4 is 5.32 Å². The first-order chi connectivity index (χ1) is 7.72. The van der Waals surface area contributed by atoms with E-state index in [0.29, 0.717) is 11.8 Å². The number of rotatable bonds is 2. The molecule has 92 valence electrons. The lowest BCUT2D eigenvalue weighted by molar-refractivity contribution is -0.135. The van der Waals surface area contributed by atoms with Crippen LogP contribution in [-0.2, 0) is 4.79 Å². The molecule has 0 aromatic carbocycles. The summed E-state index contributed by atoms with van der Waals surface area (Å²) in [6.07, 6.45) is 4.80. The van der Waals surface area contributed by atoms with E-state index >= 15 is 0 Å². The van der Waals surface area contributed by atoms with Gasteiger partial charge in [0.2, 0.25) is 5.91 Å². The lowest BCUT2D eigenvalue weighted by Crippen LogP contribution is -2.48. The predicted molar refractivity (Wildman–Crippen MR) is 65.2 cm³/mol. The summed E-state index contributed by atoms with van der Waals surface area (Å²) in [5.74, 6) is 1.70. The first kappa shape index (κ1) is 11.9. The third-order valence-corrected chi connectivity index (χ3v) is 4.30. The van der Waals surface area contributed by atoms with Crippen LogP contribution in [0.15, 0.2) is 0 Å². The van der Waals surface area contributed by atoms with E-state index < -0.39 is 0 Å². The average Bonchev–Trinajstić information content (AvgIpc) is 2.75. The molecule has 2 aliphatic heterocycles. The Labute approximate surface area is 98.6 Å². The average molecular weight is 224 g/mol. The topological polar surface area (TPSA) is 32.3 Å². The van der Waals surface area contributed by atoms with Crippen molar-refractivity contribution in [1.82, 2.24) is 10.2 Å². The summed E-state index contributed by atoms with van der Waals surface area (Å²) in [5.41, 5.74) is 0. The van der Waals surface area contributed by atoms with Crippen molar-refractivity contribution in [2.75, 3.05) is 19.6 Å². The van der Waals surface area contributed by atoms with Gasteiger partial charge in [0.1, 0.15) is 0 Å². The minimum Gasteiger partial charge on any atom is -0.341 e. The minimum absolute atomic E-state index is 0.0955. The van der Waals surface area contributed by atoms with E-state index in [4.69, 9.17) is 0 Å². The molecule has 2 rings (SSSR count). The summed E-state index contributed by atoms with van der Waals surface area (Å²) in [4.78, 5) is 14.3. The Bertz CT molecular complexity index is 246. The zero-order valence-corrected chi connectivity index (χ0v) is 10.5. The van der Waals surface area contributed by atoms with Crippen LogP contribution in [0.2, 0.25) is 0 Å². The van der Waals surface area contributed by atoms with Gasteiger partial charge in [-0.2, -0.15) is 0 Å². The summed E-state index contributed by atoms with van der Waals surface area (Å²) in [5, 5.41) is 3.34. The van der Waals surface area contributed by atoms with Gasteiger partial charge in [-0.25, -0.2) is 0 Å². The van der Waals surface area contributed by atoms with Gasteiger partial charge in [-0.3, -0.25) is 4.79 Å². The number of likely N-dealkylation sites (tertiary alicyclic amines) is 1. The number of hydrogen-bond donors (Lipinski definition) is 1. The molecule has 0 aromatic rings. The van der Waals surface area contributed by atoms with Crippen molar-refractivity contribution in [3.05, 3.63) is 0 Å². The Kier molecular flexibility index (Phi) is 3.85. The molecule has 2 aliphatic rings. The molecule has 0 aliphatic carbocycles. The maximum atomic E-state index is 12.3. The highest BCUT2D eigenvalue weighted by Gasteiger charge is 2.33. The molecule has 2 atom stereocenters. The second-order valence-corrected chi connectivity index (χ2v) is 5.37. The van der Waals surface area contributed by atoms with Crippen molar-refractivity contribution in [2.24, 2.45) is 11.8 Å². The van der Waals surface area contributed by atoms with Crippen molar-refractivity contribution in [1.29, 1.82) is 0 Å². The molecule has 2 heterocycles. The Morgan fingerprint density at radius 1 is 1.31 bits per heavy atom. The largest absolute Gasteiger partial charge is 0.341 e. The molecule has 3 nitrogen and oxygen atoms in total. The first-order valence-electron chi connectivity index (χ1n) is 6.74. The van der Waals surface area contributed by atoms with Crippen LogP contribution in [-0.4, -0.2) is 36.5 Å². The Balaban J connectivity index is 1.86. The number of amides is 1. The molecule has 16 heavy (non-hydrogen) atoms. The van der Waals surface area contributed by atoms with Crippen molar-refractivity contribution in [3.8, 4) is 0 Å². The van der Waals surface area contributed by atoms with Crippen LogP contribution in [0.1, 0.15) is 39.5 Å². The molecule has 2 fully saturated rings. The lowest BCUT2D eigenvalue weighted by atomic mass is 9.93. The van der Waals surface area contributed by atoms with Crippen molar-refractivity contribution in [3.63, 3.8) is 0 Å². The summed E-state index contributed by atoms with van der Waals surface area (Å²) in [7, 11) is 0. The van der Waals surface area contributed by atoms with Gasteiger partial charge in [0.25, 0.3) is 0 Å². The third kappa shape index (κ3) is 2.40. The van der Waals surface area contributed by atoms with Crippen molar-refractivity contribution >= 4 is 5.91 Å². The smallest absolute Gasteiger partial charge is 0.239 e. The van der Waals surface area contributed by atoms with Gasteiger partial charge in [0, 0.05) is 13.1 Å². The molecule has 2 saturated heterocycles. The maximum Gasteiger partial charge on any atom is 0.239 e. The summed E-state index contributed by atoms with van der Waals surface area (Å²) < 4.78 is 0. The molecule has 1 amide bonds. The molecule has 2 unspecified atom stereocenters. The molecule has 1 N–H and O–H groups in total. The maximum absolute atomic E-state index is 12.3. The van der Waals surface area contributed by atoms with Crippen LogP contribution in [0.4, 0.5) is 0 Å². The molecule has 0 bridgehead atoms. The van der Waals surface area contributed by atoms with Gasteiger partial charge < -0.3 is 10.2 Å². The standard InChI is InChI=1S/C13H24N2O/c1-3-11-5-8-15(9-6-11)13(16)12-10(2)4-7-14-12/h10-12,14H,3-9H2,1-2H3. The lowest BCUT2D eigenvalue weighted by Gasteiger charge is -2.34. The highest BCUT2D eigenvalue weighted by Crippen LogP contribution is 2.23. The van der Waals surface area contributed by atoms with Crippen LogP contribution in [0.25, 0.3) is 0 Å². The molecular formula is C13H24N2O. The van der Waals surface area contributed by atoms with E-state index in [1.54, 1.807) is 0 Å². The zero-order chi connectivity index (χ0) is 11.5. The van der Waals surface area contributed by atoms with Gasteiger partial charge in [0.05, 0.1) is 6.04 Å². The SMILES string of the molecule is CCC1CCN(C(=O)C2NCCC2C)CC1. The van der Waals surface area contributed by atoms with Gasteiger partial charge in [-0.15, -0.1) is 0 Å². The van der Waals surface area contributed by atoms with E-state index in [0.717, 1.165) is 32.0 Å². The normalized spacial score (nSPS) is 32.0. The Morgan fingerprint density at radius 2 is 2.00 bits per heavy atom. The van der Waals surface area contributed by atoms with Gasteiger partial charge in [-0.05, 0) is 37.6 Å². The van der Waals surface area contributed by atoms with E-state index in [-0.39, 0.29) is 6.04 Å². The van der Waals surface area contributed by atoms with Crippen molar-refractivity contribution < 1.29 is 4.79 Å². The van der Waals surface area contributed by atoms with Crippen LogP contribution in [0, 0.1) is 11.8 Å². The highest BCUT2D eigenvalue weighted by atomic mass is 16.2. The number of carbonyl (C=O) groups excluding carboxylic acids is 1. The van der Waals surface area contributed by atoms with Gasteiger partial charge >= 0.3 is 0 Å². The van der Waals surface area contributed by atoms with E-state index in [2.05, 4.69) is 24.1 Å². The summed E-state index contributed by atoms with van der Waals surface area (Å²) in [6.45, 7) is 7.39. The fourth-order valence-corrected chi connectivity index (χ4v) is 2.92. The van der Waals surface area contributed by atoms with E-state index in [1.165, 1.54) is 19.3 Å². The molecule has 0 radical (unpaired) electrons. The van der Waals surface area contributed by atoms with E-state index in [1.807, 2.05) is 0 Å². The number of nitrogens with zero attached hydrogens (tertiary/aromatic N) is 1. The monoisotopic (exact) mass is 224 g/mol. The quantitative estimate of drug-likeness (QED) is 0.773. The number of piperidine rings is 1. The second kappa shape index (κ2) is 5.17. The number of carbonyl (C=O) groups is 1. The predicted octanol–water partition coefficient (Wildman–Crippen LogP) is 1.63. The summed E-state index contributed by atoms with van der Waals surface area (Å²) >= 11 is 0. The van der Waals surface area contributed by atoms with Crippen LogP contribution >= 0.6 is 0 Å². The third-order valence-electron chi connectivity index (χ3n) is 4.30. The number of hydrogen-bond acceptors (Lipinski definition) is 2. The molecule has 0 spiro atoms. The highest BCUT2D eigenvalue weighted by molar-refractivity contribution is 5.82. The fourth-order valence-electron chi connectivity index (χ4n) is 2.92. The Morgan fingerprint density at radius 3 is 2.50 bits per heavy atom. The minimum atomic E-state index is 0.0955. The zero-order valence-electron chi connectivity index (χ0n) is 10.5. The van der Waals surface area contributed by atoms with E-state index in [9.17, 15) is 4.79 Å². The van der Waals surface area contributed by atoms with Crippen molar-refractivity contribution in [2.45, 2.75) is 45.6 Å². The fraction of sp³-hybridized carbons (Fsp3) is 0.923. The van der Waals surface area contributed by atoms with Crippen LogP contribution in [0.3, 0.4) is 0 Å². The molecule has 0 aromatic heterocycles. The number of nitrogens with one attached hydrogen (secondary N) is 1. The molecular weight excluding hydrogens is 200 g/mol.